The van der Waals surface area contributed by atoms with E-state index >= 15 is 0 Å². The van der Waals surface area contributed by atoms with Crippen molar-refractivity contribution in [3.05, 3.63) is 130 Å². The van der Waals surface area contributed by atoms with Crippen molar-refractivity contribution in [1.82, 2.24) is 10.2 Å². The van der Waals surface area contributed by atoms with Gasteiger partial charge in [-0.05, 0) is 59.7 Å². The van der Waals surface area contributed by atoms with Crippen molar-refractivity contribution in [2.75, 3.05) is 17.9 Å². The molecule has 2 amide bonds. The average molecular weight is 611 g/mol. The number of halogens is 2. The van der Waals surface area contributed by atoms with Crippen LogP contribution in [-0.4, -0.2) is 44.8 Å². The summed E-state index contributed by atoms with van der Waals surface area (Å²) in [6.07, 6.45) is 0.221. The molecular weight excluding hydrogens is 581 g/mol. The van der Waals surface area contributed by atoms with Gasteiger partial charge in [-0.2, -0.15) is 0 Å². The summed E-state index contributed by atoms with van der Waals surface area (Å²) in [7, 11) is -2.66. The molecule has 0 radical (unpaired) electrons. The third-order valence-corrected chi connectivity index (χ3v) is 8.76. The molecule has 0 saturated heterocycles. The van der Waals surface area contributed by atoms with Gasteiger partial charge in [0.05, 0.1) is 10.6 Å². The summed E-state index contributed by atoms with van der Waals surface area (Å²) >= 11 is 12.3. The molecule has 4 aromatic rings. The van der Waals surface area contributed by atoms with Crippen LogP contribution in [0.5, 0.6) is 0 Å². The molecule has 212 valence electrons. The third kappa shape index (κ3) is 7.67. The van der Waals surface area contributed by atoms with Gasteiger partial charge in [-0.15, -0.1) is 0 Å². The summed E-state index contributed by atoms with van der Waals surface area (Å²) in [5.41, 5.74) is 1.79. The van der Waals surface area contributed by atoms with Crippen LogP contribution < -0.4 is 9.62 Å². The van der Waals surface area contributed by atoms with Crippen molar-refractivity contribution in [3.63, 3.8) is 0 Å². The van der Waals surface area contributed by atoms with Gasteiger partial charge in [0.1, 0.15) is 12.6 Å². The van der Waals surface area contributed by atoms with Crippen LogP contribution in [0.1, 0.15) is 11.1 Å². The van der Waals surface area contributed by atoms with Gasteiger partial charge >= 0.3 is 0 Å². The molecule has 0 aliphatic carbocycles. The molecule has 0 aromatic heterocycles. The molecule has 0 aliphatic rings. The van der Waals surface area contributed by atoms with E-state index in [1.165, 1.54) is 36.2 Å². The maximum Gasteiger partial charge on any atom is 0.264 e. The fourth-order valence-corrected chi connectivity index (χ4v) is 6.18. The second kappa shape index (κ2) is 13.7. The van der Waals surface area contributed by atoms with Gasteiger partial charge in [0.15, 0.2) is 0 Å². The summed E-state index contributed by atoms with van der Waals surface area (Å²) < 4.78 is 28.7. The van der Waals surface area contributed by atoms with E-state index in [0.29, 0.717) is 15.6 Å². The first-order valence-corrected chi connectivity index (χ1v) is 15.0. The molecule has 1 N–H and O–H groups in total. The van der Waals surface area contributed by atoms with Gasteiger partial charge in [0.2, 0.25) is 11.8 Å². The van der Waals surface area contributed by atoms with Gasteiger partial charge < -0.3 is 10.2 Å². The van der Waals surface area contributed by atoms with Crippen molar-refractivity contribution >= 4 is 50.7 Å². The first kappa shape index (κ1) is 30.1. The number of carbonyl (C=O) groups is 2. The number of nitrogens with one attached hydrogen (secondary N) is 1. The van der Waals surface area contributed by atoms with Crippen LogP contribution in [0.4, 0.5) is 5.69 Å². The number of rotatable bonds is 11. The average Bonchev–Trinajstić information content (AvgIpc) is 2.98. The Kier molecular flexibility index (Phi) is 10.0. The summed E-state index contributed by atoms with van der Waals surface area (Å²) in [6.45, 7) is -0.522. The van der Waals surface area contributed by atoms with Crippen LogP contribution in [-0.2, 0) is 32.6 Å². The van der Waals surface area contributed by atoms with E-state index in [0.717, 1.165) is 9.87 Å². The second-order valence-corrected chi connectivity index (χ2v) is 12.0. The molecule has 7 nitrogen and oxygen atoms in total. The maximum atomic E-state index is 14.2. The number of hydrogen-bond donors (Lipinski definition) is 1. The molecule has 0 fully saturated rings. The lowest BCUT2D eigenvalue weighted by Gasteiger charge is -2.33. The van der Waals surface area contributed by atoms with Gasteiger partial charge in [-0.25, -0.2) is 8.42 Å². The summed E-state index contributed by atoms with van der Waals surface area (Å²) in [6, 6.07) is 29.4. The molecule has 0 saturated carbocycles. The fraction of sp³-hybridized carbons (Fsp3) is 0.161. The molecule has 4 rings (SSSR count). The lowest BCUT2D eigenvalue weighted by molar-refractivity contribution is -0.139. The number of hydrogen-bond acceptors (Lipinski definition) is 4. The van der Waals surface area contributed by atoms with Crippen molar-refractivity contribution < 1.29 is 18.0 Å². The third-order valence-electron chi connectivity index (χ3n) is 6.48. The van der Waals surface area contributed by atoms with Crippen molar-refractivity contribution in [1.29, 1.82) is 0 Å². The van der Waals surface area contributed by atoms with Crippen molar-refractivity contribution in [3.8, 4) is 0 Å². The Morgan fingerprint density at radius 1 is 0.780 bits per heavy atom. The Balaban J connectivity index is 1.78. The normalized spacial score (nSPS) is 11.9. The van der Waals surface area contributed by atoms with Crippen LogP contribution >= 0.6 is 23.2 Å². The summed E-state index contributed by atoms with van der Waals surface area (Å²) in [5, 5.41) is 3.55. The lowest BCUT2D eigenvalue weighted by atomic mass is 10.0. The molecule has 10 heteroatoms. The molecule has 0 aliphatic heterocycles. The zero-order chi connectivity index (χ0) is 29.4. The maximum absolute atomic E-state index is 14.2. The minimum atomic E-state index is -4.16. The molecule has 0 spiro atoms. The Bertz CT molecular complexity index is 1580. The number of nitrogens with zero attached hydrogens (tertiary/aromatic N) is 2. The van der Waals surface area contributed by atoms with Gasteiger partial charge in [-0.1, -0.05) is 83.9 Å². The number of benzene rings is 4. The Labute approximate surface area is 250 Å². The standard InChI is InChI=1S/C31H29Cl2N3O4S/c1-34-31(38)29(20-23-9-4-2-5-10-23)35(21-24-11-8-12-26(33)19-24)30(37)22-36(27-17-15-25(32)16-18-27)41(39,40)28-13-6-3-7-14-28/h2-19,29H,20-22H2,1H3,(H,34,38). The molecular formula is C31H29Cl2N3O4S. The number of sulfonamides is 1. The summed E-state index contributed by atoms with van der Waals surface area (Å²) in [5.74, 6) is -0.947. The Hall–Kier alpha value is -3.85. The first-order valence-electron chi connectivity index (χ1n) is 12.8. The molecule has 1 atom stereocenters. The highest BCUT2D eigenvalue weighted by atomic mass is 35.5. The van der Waals surface area contributed by atoms with Crippen LogP contribution in [0.3, 0.4) is 0 Å². The van der Waals surface area contributed by atoms with Gasteiger partial charge in [0, 0.05) is 30.1 Å². The van der Waals surface area contributed by atoms with Crippen LogP contribution in [0.15, 0.2) is 114 Å². The van der Waals surface area contributed by atoms with E-state index in [9.17, 15) is 18.0 Å². The first-order chi connectivity index (χ1) is 19.7. The highest BCUT2D eigenvalue weighted by molar-refractivity contribution is 7.92. The monoisotopic (exact) mass is 609 g/mol. The number of carbonyl (C=O) groups excluding carboxylic acids is 2. The lowest BCUT2D eigenvalue weighted by Crippen LogP contribution is -2.53. The molecule has 0 bridgehead atoms. The van der Waals surface area contributed by atoms with Gasteiger partial charge in [0.25, 0.3) is 10.0 Å². The van der Waals surface area contributed by atoms with E-state index in [1.807, 2.05) is 30.3 Å². The highest BCUT2D eigenvalue weighted by Crippen LogP contribution is 2.26. The fourth-order valence-electron chi connectivity index (χ4n) is 4.41. The van der Waals surface area contributed by atoms with Crippen LogP contribution in [0.25, 0.3) is 0 Å². The molecule has 0 heterocycles. The zero-order valence-electron chi connectivity index (χ0n) is 22.3. The molecule has 4 aromatic carbocycles. The second-order valence-electron chi connectivity index (χ2n) is 9.27. The van der Waals surface area contributed by atoms with Gasteiger partial charge in [-0.3, -0.25) is 13.9 Å². The Morgan fingerprint density at radius 3 is 2.00 bits per heavy atom. The number of likely N-dealkylation sites (N-methyl/N-ethyl adjacent to an activating group) is 1. The SMILES string of the molecule is CNC(=O)C(Cc1ccccc1)N(Cc1cccc(Cl)c1)C(=O)CN(c1ccc(Cl)cc1)S(=O)(=O)c1ccccc1. The van der Waals surface area contributed by atoms with Crippen molar-refractivity contribution in [2.45, 2.75) is 23.9 Å². The number of anilines is 1. The van der Waals surface area contributed by atoms with E-state index in [-0.39, 0.29) is 29.5 Å². The quantitative estimate of drug-likeness (QED) is 0.241. The van der Waals surface area contributed by atoms with Crippen LogP contribution in [0, 0.1) is 0 Å². The topological polar surface area (TPSA) is 86.8 Å². The molecule has 1 unspecified atom stereocenters. The molecule has 41 heavy (non-hydrogen) atoms. The smallest absolute Gasteiger partial charge is 0.264 e. The van der Waals surface area contributed by atoms with Crippen molar-refractivity contribution in [2.24, 2.45) is 0 Å². The van der Waals surface area contributed by atoms with E-state index in [1.54, 1.807) is 54.6 Å². The predicted molar refractivity (Wildman–Crippen MR) is 162 cm³/mol. The minimum Gasteiger partial charge on any atom is -0.357 e. The summed E-state index contributed by atoms with van der Waals surface area (Å²) in [4.78, 5) is 28.9. The van der Waals surface area contributed by atoms with E-state index < -0.39 is 28.5 Å². The predicted octanol–water partition coefficient (Wildman–Crippen LogP) is 5.57. The largest absolute Gasteiger partial charge is 0.357 e. The highest BCUT2D eigenvalue weighted by Gasteiger charge is 2.34. The van der Waals surface area contributed by atoms with E-state index in [4.69, 9.17) is 23.2 Å². The van der Waals surface area contributed by atoms with E-state index in [2.05, 4.69) is 5.32 Å². The number of amides is 2. The zero-order valence-corrected chi connectivity index (χ0v) is 24.6. The van der Waals surface area contributed by atoms with Crippen LogP contribution in [0.2, 0.25) is 10.0 Å². The Morgan fingerprint density at radius 2 is 1.39 bits per heavy atom. The minimum absolute atomic E-state index is 0.0243.